The molecule has 0 bridgehead atoms. The molecule has 0 radical (unpaired) electrons. The molecule has 3 nitrogen and oxygen atoms in total. The Morgan fingerprint density at radius 1 is 1.05 bits per heavy atom. The van der Waals surface area contributed by atoms with Crippen molar-refractivity contribution in [2.45, 2.75) is 72.4 Å². The van der Waals surface area contributed by atoms with E-state index < -0.39 is 0 Å². The molecule has 0 rings (SSSR count). The standard InChI is InChI=1S/C16H35NO2/c1-6-9-10-19-13-16(18)12-17(11-14(4)5)15(7-2)8-3/h14-16,18H,6-13H2,1-5H3. The molecular weight excluding hydrogens is 238 g/mol. The van der Waals surface area contributed by atoms with Crippen LogP contribution in [0.1, 0.15) is 60.3 Å². The zero-order valence-corrected chi connectivity index (χ0v) is 13.7. The third-order valence-electron chi connectivity index (χ3n) is 3.46. The molecule has 0 fully saturated rings. The second-order valence-corrected chi connectivity index (χ2v) is 5.90. The lowest BCUT2D eigenvalue weighted by molar-refractivity contribution is 0.00414. The molecule has 0 saturated carbocycles. The largest absolute Gasteiger partial charge is 0.389 e. The van der Waals surface area contributed by atoms with Gasteiger partial charge in [0, 0.05) is 25.7 Å². The highest BCUT2D eigenvalue weighted by Gasteiger charge is 2.19. The second-order valence-electron chi connectivity index (χ2n) is 5.90. The summed E-state index contributed by atoms with van der Waals surface area (Å²) in [6.07, 6.45) is 4.15. The molecule has 0 aliphatic rings. The predicted octanol–water partition coefficient (Wildman–Crippen LogP) is 3.31. The summed E-state index contributed by atoms with van der Waals surface area (Å²) in [5.41, 5.74) is 0. The van der Waals surface area contributed by atoms with Gasteiger partial charge >= 0.3 is 0 Å². The number of aliphatic hydroxyl groups excluding tert-OH is 1. The maximum atomic E-state index is 10.1. The van der Waals surface area contributed by atoms with Gasteiger partial charge in [-0.1, -0.05) is 41.0 Å². The fraction of sp³-hybridized carbons (Fsp3) is 1.00. The first kappa shape index (κ1) is 18.9. The molecule has 1 atom stereocenters. The first-order valence-electron chi connectivity index (χ1n) is 8.04. The Balaban J connectivity index is 4.14. The van der Waals surface area contributed by atoms with Crippen LogP contribution in [0.15, 0.2) is 0 Å². The Labute approximate surface area is 120 Å². The lowest BCUT2D eigenvalue weighted by atomic mass is 10.1. The van der Waals surface area contributed by atoms with Crippen LogP contribution >= 0.6 is 0 Å². The second kappa shape index (κ2) is 11.7. The maximum absolute atomic E-state index is 10.1. The first-order chi connectivity index (χ1) is 9.04. The van der Waals surface area contributed by atoms with Crippen LogP contribution in [0.25, 0.3) is 0 Å². The minimum atomic E-state index is -0.365. The molecule has 0 aromatic heterocycles. The number of hydrogen-bond donors (Lipinski definition) is 1. The highest BCUT2D eigenvalue weighted by atomic mass is 16.5. The van der Waals surface area contributed by atoms with Crippen molar-refractivity contribution in [2.75, 3.05) is 26.3 Å². The number of hydrogen-bond acceptors (Lipinski definition) is 3. The molecule has 3 heteroatoms. The van der Waals surface area contributed by atoms with E-state index in [4.69, 9.17) is 4.74 Å². The van der Waals surface area contributed by atoms with E-state index in [0.29, 0.717) is 18.6 Å². The Bertz CT molecular complexity index is 193. The molecule has 0 saturated heterocycles. The van der Waals surface area contributed by atoms with Crippen LogP contribution in [-0.2, 0) is 4.74 Å². The van der Waals surface area contributed by atoms with E-state index in [1.54, 1.807) is 0 Å². The van der Waals surface area contributed by atoms with E-state index in [1.165, 1.54) is 0 Å². The Morgan fingerprint density at radius 2 is 1.68 bits per heavy atom. The molecule has 116 valence electrons. The topological polar surface area (TPSA) is 32.7 Å². The van der Waals surface area contributed by atoms with Gasteiger partial charge in [-0.25, -0.2) is 0 Å². The number of nitrogens with zero attached hydrogens (tertiary/aromatic N) is 1. The lowest BCUT2D eigenvalue weighted by Crippen LogP contribution is -2.43. The van der Waals surface area contributed by atoms with E-state index in [1.807, 2.05) is 0 Å². The third-order valence-corrected chi connectivity index (χ3v) is 3.46. The van der Waals surface area contributed by atoms with E-state index in [0.717, 1.165) is 45.4 Å². The van der Waals surface area contributed by atoms with Gasteiger partial charge in [0.15, 0.2) is 0 Å². The molecule has 0 aromatic rings. The van der Waals surface area contributed by atoms with Gasteiger partial charge in [-0.2, -0.15) is 0 Å². The van der Waals surface area contributed by atoms with Gasteiger partial charge in [0.2, 0.25) is 0 Å². The van der Waals surface area contributed by atoms with E-state index >= 15 is 0 Å². The minimum absolute atomic E-state index is 0.365. The molecule has 0 aliphatic carbocycles. The van der Waals surface area contributed by atoms with E-state index in [9.17, 15) is 5.11 Å². The van der Waals surface area contributed by atoms with E-state index in [2.05, 4.69) is 39.5 Å². The normalized spacial score (nSPS) is 13.7. The first-order valence-corrected chi connectivity index (χ1v) is 8.04. The fourth-order valence-corrected chi connectivity index (χ4v) is 2.44. The molecule has 1 N–H and O–H groups in total. The van der Waals surface area contributed by atoms with Gasteiger partial charge in [-0.05, 0) is 25.2 Å². The number of rotatable bonds is 12. The highest BCUT2D eigenvalue weighted by molar-refractivity contribution is 4.73. The minimum Gasteiger partial charge on any atom is -0.389 e. The zero-order chi connectivity index (χ0) is 14.7. The van der Waals surface area contributed by atoms with Gasteiger partial charge < -0.3 is 9.84 Å². The summed E-state index contributed by atoms with van der Waals surface area (Å²) in [6.45, 7) is 14.1. The molecule has 1 unspecified atom stereocenters. The van der Waals surface area contributed by atoms with Gasteiger partial charge in [-0.3, -0.25) is 4.90 Å². The maximum Gasteiger partial charge on any atom is 0.0900 e. The Hall–Kier alpha value is -0.120. The molecule has 0 spiro atoms. The molecule has 19 heavy (non-hydrogen) atoms. The van der Waals surface area contributed by atoms with Crippen LogP contribution in [0.5, 0.6) is 0 Å². The van der Waals surface area contributed by atoms with Crippen molar-refractivity contribution < 1.29 is 9.84 Å². The molecule has 0 aliphatic heterocycles. The summed E-state index contributed by atoms with van der Waals surface area (Å²) in [7, 11) is 0. The highest BCUT2D eigenvalue weighted by Crippen LogP contribution is 2.12. The number of ether oxygens (including phenoxy) is 1. The Kier molecular flexibility index (Phi) is 11.6. The van der Waals surface area contributed by atoms with Crippen molar-refractivity contribution in [1.82, 2.24) is 4.90 Å². The van der Waals surface area contributed by atoms with Crippen molar-refractivity contribution in [3.05, 3.63) is 0 Å². The van der Waals surface area contributed by atoms with Crippen LogP contribution in [0, 0.1) is 5.92 Å². The fourth-order valence-electron chi connectivity index (χ4n) is 2.44. The summed E-state index contributed by atoms with van der Waals surface area (Å²) in [6, 6.07) is 0.577. The van der Waals surface area contributed by atoms with Crippen molar-refractivity contribution in [1.29, 1.82) is 0 Å². The number of unbranched alkanes of at least 4 members (excludes halogenated alkanes) is 1. The zero-order valence-electron chi connectivity index (χ0n) is 13.7. The summed E-state index contributed by atoms with van der Waals surface area (Å²) in [5.74, 6) is 0.633. The predicted molar refractivity (Wildman–Crippen MR) is 82.5 cm³/mol. The molecular formula is C16H35NO2. The van der Waals surface area contributed by atoms with Gasteiger partial charge in [0.25, 0.3) is 0 Å². The lowest BCUT2D eigenvalue weighted by Gasteiger charge is -2.33. The van der Waals surface area contributed by atoms with Gasteiger partial charge in [0.1, 0.15) is 0 Å². The average Bonchev–Trinajstić information content (AvgIpc) is 2.35. The Morgan fingerprint density at radius 3 is 2.16 bits per heavy atom. The summed E-state index contributed by atoms with van der Waals surface area (Å²) in [4.78, 5) is 2.43. The summed E-state index contributed by atoms with van der Waals surface area (Å²) in [5, 5.41) is 10.1. The summed E-state index contributed by atoms with van der Waals surface area (Å²) >= 11 is 0. The monoisotopic (exact) mass is 273 g/mol. The smallest absolute Gasteiger partial charge is 0.0900 e. The van der Waals surface area contributed by atoms with Crippen LogP contribution in [0.2, 0.25) is 0 Å². The van der Waals surface area contributed by atoms with Crippen molar-refractivity contribution in [3.63, 3.8) is 0 Å². The quantitative estimate of drug-likeness (QED) is 0.554. The van der Waals surface area contributed by atoms with Crippen LogP contribution in [-0.4, -0.2) is 48.5 Å². The van der Waals surface area contributed by atoms with Crippen molar-refractivity contribution in [2.24, 2.45) is 5.92 Å². The number of aliphatic hydroxyl groups is 1. The average molecular weight is 273 g/mol. The third kappa shape index (κ3) is 9.42. The molecule has 0 amide bonds. The van der Waals surface area contributed by atoms with Crippen LogP contribution < -0.4 is 0 Å². The summed E-state index contributed by atoms with van der Waals surface area (Å²) < 4.78 is 5.51. The van der Waals surface area contributed by atoms with Gasteiger partial charge in [0.05, 0.1) is 12.7 Å². The van der Waals surface area contributed by atoms with Crippen molar-refractivity contribution in [3.8, 4) is 0 Å². The van der Waals surface area contributed by atoms with Crippen LogP contribution in [0.3, 0.4) is 0 Å². The van der Waals surface area contributed by atoms with Gasteiger partial charge in [-0.15, -0.1) is 0 Å². The molecule has 0 aromatic carbocycles. The van der Waals surface area contributed by atoms with Crippen molar-refractivity contribution >= 4 is 0 Å². The SMILES string of the molecule is CCCCOCC(O)CN(CC(C)C)C(CC)CC. The van der Waals surface area contributed by atoms with E-state index in [-0.39, 0.29) is 6.10 Å². The van der Waals surface area contributed by atoms with Crippen LogP contribution in [0.4, 0.5) is 0 Å². The molecule has 0 heterocycles.